The van der Waals surface area contributed by atoms with E-state index in [2.05, 4.69) is 54.8 Å². The van der Waals surface area contributed by atoms with Crippen LogP contribution in [0.3, 0.4) is 0 Å². The Bertz CT molecular complexity index is 432. The van der Waals surface area contributed by atoms with E-state index in [1.807, 2.05) is 0 Å². The summed E-state index contributed by atoms with van der Waals surface area (Å²) < 4.78 is 2.09. The van der Waals surface area contributed by atoms with Crippen LogP contribution in [0.2, 0.25) is 0 Å². The van der Waals surface area contributed by atoms with Gasteiger partial charge in [0.15, 0.2) is 0 Å². The first kappa shape index (κ1) is 16.5. The Hall–Kier alpha value is -0.900. The Morgan fingerprint density at radius 2 is 2.10 bits per heavy atom. The van der Waals surface area contributed by atoms with Crippen molar-refractivity contribution in [1.82, 2.24) is 20.1 Å². The Labute approximate surface area is 129 Å². The molecule has 1 aromatic heterocycles. The van der Waals surface area contributed by atoms with E-state index >= 15 is 0 Å². The Balaban J connectivity index is 2.08. The summed E-state index contributed by atoms with van der Waals surface area (Å²) >= 11 is 0. The highest BCUT2D eigenvalue weighted by Gasteiger charge is 2.35. The summed E-state index contributed by atoms with van der Waals surface area (Å²) in [6, 6.07) is 0.621. The van der Waals surface area contributed by atoms with Crippen molar-refractivity contribution >= 4 is 0 Å². The maximum atomic E-state index is 4.51. The number of nitrogens with zero attached hydrogens (tertiary/aromatic N) is 3. The van der Waals surface area contributed by atoms with Crippen LogP contribution in [-0.2, 0) is 13.0 Å². The van der Waals surface area contributed by atoms with E-state index in [4.69, 9.17) is 0 Å². The molecule has 0 bridgehead atoms. The van der Waals surface area contributed by atoms with Crippen molar-refractivity contribution in [2.75, 3.05) is 7.05 Å². The van der Waals surface area contributed by atoms with Gasteiger partial charge in [0.05, 0.1) is 0 Å². The molecular formula is C17H32N4. The summed E-state index contributed by atoms with van der Waals surface area (Å²) in [5, 5.41) is 7.91. The predicted octanol–water partition coefficient (Wildman–Crippen LogP) is 3.28. The molecule has 1 aliphatic rings. The largest absolute Gasteiger partial charge is 0.317 e. The molecule has 1 aliphatic carbocycles. The van der Waals surface area contributed by atoms with Gasteiger partial charge in [0.1, 0.15) is 12.2 Å². The molecule has 4 nitrogen and oxygen atoms in total. The third kappa shape index (κ3) is 4.06. The fourth-order valence-corrected chi connectivity index (χ4v) is 3.74. The summed E-state index contributed by atoms with van der Waals surface area (Å²) in [5.41, 5.74) is 0.411. The van der Waals surface area contributed by atoms with Gasteiger partial charge in [-0.3, -0.25) is 4.68 Å². The van der Waals surface area contributed by atoms with Gasteiger partial charge < -0.3 is 5.32 Å². The highest BCUT2D eigenvalue weighted by molar-refractivity contribution is 4.95. The molecule has 0 saturated heterocycles. The molecule has 1 aromatic rings. The summed E-state index contributed by atoms with van der Waals surface area (Å²) in [5.74, 6) is 2.65. The summed E-state index contributed by atoms with van der Waals surface area (Å²) in [6.45, 7) is 10.3. The summed E-state index contributed by atoms with van der Waals surface area (Å²) in [4.78, 5) is 4.51. The average molecular weight is 292 g/mol. The summed E-state index contributed by atoms with van der Waals surface area (Å²) in [7, 11) is 2.10. The Morgan fingerprint density at radius 1 is 1.33 bits per heavy atom. The number of hydrogen-bond acceptors (Lipinski definition) is 3. The molecule has 1 saturated carbocycles. The highest BCUT2D eigenvalue weighted by Crippen LogP contribution is 2.41. The lowest BCUT2D eigenvalue weighted by Gasteiger charge is -2.41. The molecule has 0 spiro atoms. The first-order valence-corrected chi connectivity index (χ1v) is 8.49. The van der Waals surface area contributed by atoms with E-state index in [-0.39, 0.29) is 0 Å². The van der Waals surface area contributed by atoms with Gasteiger partial charge in [0, 0.05) is 19.0 Å². The molecular weight excluding hydrogens is 260 g/mol. The van der Waals surface area contributed by atoms with Gasteiger partial charge in [-0.15, -0.1) is 0 Å². The van der Waals surface area contributed by atoms with Crippen LogP contribution in [0.5, 0.6) is 0 Å². The topological polar surface area (TPSA) is 42.7 Å². The van der Waals surface area contributed by atoms with Crippen molar-refractivity contribution in [2.45, 2.75) is 72.4 Å². The highest BCUT2D eigenvalue weighted by atomic mass is 15.3. The number of aryl methyl sites for hydroxylation is 1. The number of nitrogens with one attached hydrogen (secondary N) is 1. The van der Waals surface area contributed by atoms with Gasteiger partial charge in [-0.1, -0.05) is 27.7 Å². The van der Waals surface area contributed by atoms with Gasteiger partial charge in [-0.05, 0) is 50.0 Å². The zero-order valence-electron chi connectivity index (χ0n) is 14.4. The second-order valence-corrected chi connectivity index (χ2v) is 7.63. The molecule has 0 aromatic carbocycles. The van der Waals surface area contributed by atoms with E-state index in [0.29, 0.717) is 17.4 Å². The fraction of sp³-hybridized carbons (Fsp3) is 0.882. The van der Waals surface area contributed by atoms with E-state index in [1.54, 1.807) is 6.33 Å². The fourth-order valence-electron chi connectivity index (χ4n) is 3.74. The molecule has 0 amide bonds. The monoisotopic (exact) mass is 292 g/mol. The first-order chi connectivity index (χ1) is 9.95. The first-order valence-electron chi connectivity index (χ1n) is 8.49. The maximum absolute atomic E-state index is 4.51. The second kappa shape index (κ2) is 6.91. The lowest BCUT2D eigenvalue weighted by molar-refractivity contribution is 0.115. The van der Waals surface area contributed by atoms with E-state index < -0.39 is 0 Å². The molecule has 2 rings (SSSR count). The van der Waals surface area contributed by atoms with Gasteiger partial charge in [0.2, 0.25) is 0 Å². The molecule has 1 N–H and O–H groups in total. The maximum Gasteiger partial charge on any atom is 0.138 e. The Kier molecular flexibility index (Phi) is 5.42. The predicted molar refractivity (Wildman–Crippen MR) is 87.2 cm³/mol. The second-order valence-electron chi connectivity index (χ2n) is 7.63. The molecule has 1 heterocycles. The molecule has 0 aliphatic heterocycles. The van der Waals surface area contributed by atoms with Crippen molar-refractivity contribution in [3.05, 3.63) is 12.2 Å². The number of rotatable bonds is 5. The molecule has 3 unspecified atom stereocenters. The SMILES string of the molecule is CCCn1ncnc1CC1CC(C(C)(C)C)CCC1NC. The normalized spacial score (nSPS) is 27.0. The van der Waals surface area contributed by atoms with Crippen LogP contribution in [0.4, 0.5) is 0 Å². The quantitative estimate of drug-likeness (QED) is 0.905. The molecule has 0 radical (unpaired) electrons. The van der Waals surface area contributed by atoms with Crippen LogP contribution in [-0.4, -0.2) is 27.9 Å². The Morgan fingerprint density at radius 3 is 2.71 bits per heavy atom. The summed E-state index contributed by atoms with van der Waals surface area (Å²) in [6.07, 6.45) is 7.80. The molecule has 120 valence electrons. The van der Waals surface area contributed by atoms with Crippen molar-refractivity contribution in [3.8, 4) is 0 Å². The lowest BCUT2D eigenvalue weighted by atomic mass is 9.67. The smallest absolute Gasteiger partial charge is 0.138 e. The van der Waals surface area contributed by atoms with E-state index in [9.17, 15) is 0 Å². The van der Waals surface area contributed by atoms with Crippen molar-refractivity contribution in [3.63, 3.8) is 0 Å². The zero-order valence-corrected chi connectivity index (χ0v) is 14.4. The van der Waals surface area contributed by atoms with Crippen LogP contribution >= 0.6 is 0 Å². The molecule has 3 atom stereocenters. The minimum Gasteiger partial charge on any atom is -0.317 e. The number of hydrogen-bond donors (Lipinski definition) is 1. The number of aromatic nitrogens is 3. The van der Waals surface area contributed by atoms with Crippen LogP contribution < -0.4 is 5.32 Å². The van der Waals surface area contributed by atoms with Gasteiger partial charge in [-0.25, -0.2) is 4.98 Å². The van der Waals surface area contributed by atoms with Crippen molar-refractivity contribution < 1.29 is 0 Å². The lowest BCUT2D eigenvalue weighted by Crippen LogP contribution is -2.42. The van der Waals surface area contributed by atoms with Crippen molar-refractivity contribution in [2.24, 2.45) is 17.3 Å². The van der Waals surface area contributed by atoms with Gasteiger partial charge >= 0.3 is 0 Å². The van der Waals surface area contributed by atoms with Crippen molar-refractivity contribution in [1.29, 1.82) is 0 Å². The van der Waals surface area contributed by atoms with Gasteiger partial charge in [-0.2, -0.15) is 5.10 Å². The van der Waals surface area contributed by atoms with Crippen LogP contribution in [0.25, 0.3) is 0 Å². The van der Waals surface area contributed by atoms with E-state index in [0.717, 1.165) is 31.1 Å². The van der Waals surface area contributed by atoms with E-state index in [1.165, 1.54) is 19.3 Å². The third-order valence-corrected chi connectivity index (χ3v) is 5.15. The minimum atomic E-state index is 0.411. The van der Waals surface area contributed by atoms with Crippen LogP contribution in [0.15, 0.2) is 6.33 Å². The van der Waals surface area contributed by atoms with Crippen LogP contribution in [0, 0.1) is 17.3 Å². The minimum absolute atomic E-state index is 0.411. The average Bonchev–Trinajstić information content (AvgIpc) is 2.85. The molecule has 21 heavy (non-hydrogen) atoms. The molecule has 1 fully saturated rings. The zero-order chi connectivity index (χ0) is 15.5. The molecule has 4 heteroatoms. The standard InChI is InChI=1S/C17H32N4/c1-6-9-21-16(19-12-20-21)11-13-10-14(17(2,3)4)7-8-15(13)18-5/h12-15,18H,6-11H2,1-5H3. The van der Waals surface area contributed by atoms with Gasteiger partial charge in [0.25, 0.3) is 0 Å². The third-order valence-electron chi connectivity index (χ3n) is 5.15. The van der Waals surface area contributed by atoms with Crippen LogP contribution in [0.1, 0.15) is 59.2 Å².